The van der Waals surface area contributed by atoms with Crippen LogP contribution in [0.5, 0.6) is 0 Å². The topological polar surface area (TPSA) is 155 Å². The molecule has 0 aromatic heterocycles. The normalized spacial score (nSPS) is 24.3. The lowest BCUT2D eigenvalue weighted by Crippen LogP contribution is -2.59. The molecule has 1 spiro atoms. The summed E-state index contributed by atoms with van der Waals surface area (Å²) in [5.41, 5.74) is 3.24. The third kappa shape index (κ3) is 8.75. The van der Waals surface area contributed by atoms with E-state index < -0.39 is 53.3 Å². The zero-order valence-electron chi connectivity index (χ0n) is 28.0. The summed E-state index contributed by atoms with van der Waals surface area (Å²) in [4.78, 5) is 75.0. The van der Waals surface area contributed by atoms with Crippen LogP contribution in [0.1, 0.15) is 90.0 Å². The smallest absolute Gasteiger partial charge is 0.289 e. The molecule has 2 aliphatic carbocycles. The van der Waals surface area contributed by atoms with E-state index in [0.29, 0.717) is 23.6 Å². The molecule has 12 nitrogen and oxygen atoms in total. The number of Topliss-reactive ketones (excluding diaryl/α,β-unsaturated/α-hetero) is 1. The molecule has 4 aliphatic rings. The maximum Gasteiger partial charge on any atom is 0.289 e. The Morgan fingerprint density at radius 2 is 1.85 bits per heavy atom. The molecule has 1 unspecified atom stereocenters. The van der Waals surface area contributed by atoms with E-state index >= 15 is 0 Å². The number of nitrogens with zero attached hydrogens (tertiary/aromatic N) is 1. The largest absolute Gasteiger partial charge is 0.379 e. The van der Waals surface area contributed by atoms with Crippen molar-refractivity contribution in [1.29, 1.82) is 0 Å². The number of methoxy groups -OCH3 is 1. The molecule has 4 amide bonds. The zero-order valence-corrected chi connectivity index (χ0v) is 28.8. The third-order valence-electron chi connectivity index (χ3n) is 9.82. The quantitative estimate of drug-likeness (QED) is 0.218. The van der Waals surface area contributed by atoms with Crippen molar-refractivity contribution >= 4 is 46.7 Å². The van der Waals surface area contributed by atoms with Gasteiger partial charge in [0.05, 0.1) is 24.4 Å². The van der Waals surface area contributed by atoms with Crippen LogP contribution < -0.4 is 21.4 Å². The van der Waals surface area contributed by atoms with Crippen LogP contribution >= 0.6 is 11.6 Å². The van der Waals surface area contributed by atoms with Crippen LogP contribution in [0.2, 0.25) is 5.02 Å². The van der Waals surface area contributed by atoms with Crippen LogP contribution in [0.4, 0.5) is 0 Å². The Morgan fingerprint density at radius 3 is 2.52 bits per heavy atom. The monoisotopic (exact) mass is 685 g/mol. The Bertz CT molecular complexity index is 1410. The van der Waals surface area contributed by atoms with Crippen molar-refractivity contribution < 1.29 is 33.5 Å². The first-order valence-corrected chi connectivity index (χ1v) is 17.6. The molecule has 262 valence electrons. The molecule has 13 heteroatoms. The van der Waals surface area contributed by atoms with E-state index in [4.69, 9.17) is 21.2 Å². The molecule has 2 heterocycles. The molecule has 3 fully saturated rings. The number of carbonyl (C=O) groups excluding carboxylic acids is 5. The highest BCUT2D eigenvalue weighted by Gasteiger charge is 2.53. The summed E-state index contributed by atoms with van der Waals surface area (Å²) in [6, 6.07) is 3.99. The highest BCUT2D eigenvalue weighted by Crippen LogP contribution is 2.38. The van der Waals surface area contributed by atoms with Crippen molar-refractivity contribution in [2.75, 3.05) is 13.7 Å². The van der Waals surface area contributed by atoms with Crippen molar-refractivity contribution in [3.05, 3.63) is 40.9 Å². The number of hydroxylamine groups is 1. The number of likely N-dealkylation sites (tertiary alicyclic amines) is 1. The van der Waals surface area contributed by atoms with Crippen LogP contribution in [0.25, 0.3) is 5.70 Å². The van der Waals surface area contributed by atoms with Gasteiger partial charge in [0, 0.05) is 36.6 Å². The molecule has 5 atom stereocenters. The number of hydrogen-bond donors (Lipinski definition) is 4. The first-order valence-electron chi connectivity index (χ1n) is 17.2. The molecule has 5 rings (SSSR count). The summed E-state index contributed by atoms with van der Waals surface area (Å²) in [5.74, 6) is -2.51. The molecule has 0 bridgehead atoms. The Kier molecular flexibility index (Phi) is 11.8. The highest BCUT2D eigenvalue weighted by atomic mass is 35.5. The fourth-order valence-electron chi connectivity index (χ4n) is 6.87. The number of halogens is 1. The number of rotatable bonds is 14. The molecule has 2 saturated carbocycles. The van der Waals surface area contributed by atoms with Crippen LogP contribution in [-0.2, 0) is 33.5 Å². The van der Waals surface area contributed by atoms with Gasteiger partial charge in [-0.1, -0.05) is 56.3 Å². The van der Waals surface area contributed by atoms with E-state index in [9.17, 15) is 24.0 Å². The second-order valence-corrected chi connectivity index (χ2v) is 14.1. The van der Waals surface area contributed by atoms with Gasteiger partial charge >= 0.3 is 0 Å². The minimum Gasteiger partial charge on any atom is -0.379 e. The zero-order chi connectivity index (χ0) is 34.4. The van der Waals surface area contributed by atoms with E-state index in [0.717, 1.165) is 44.1 Å². The number of nitrogens with one attached hydrogen (secondary N) is 4. The van der Waals surface area contributed by atoms with E-state index in [-0.39, 0.29) is 37.3 Å². The predicted molar refractivity (Wildman–Crippen MR) is 179 cm³/mol. The maximum absolute atomic E-state index is 14.4. The van der Waals surface area contributed by atoms with Gasteiger partial charge in [-0.25, -0.2) is 0 Å². The minimum atomic E-state index is -1.10. The fraction of sp³-hybridized carbons (Fsp3) is 0.629. The molecule has 1 aromatic rings. The fourth-order valence-corrected chi connectivity index (χ4v) is 7.06. The average Bonchev–Trinajstić information content (AvgIpc) is 3.67. The summed E-state index contributed by atoms with van der Waals surface area (Å²) < 4.78 is 5.55. The summed E-state index contributed by atoms with van der Waals surface area (Å²) in [7, 11) is 1.46. The lowest BCUT2D eigenvalue weighted by Gasteiger charge is -2.32. The van der Waals surface area contributed by atoms with Gasteiger partial charge in [0.15, 0.2) is 0 Å². The summed E-state index contributed by atoms with van der Waals surface area (Å²) in [6.45, 7) is 3.54. The summed E-state index contributed by atoms with van der Waals surface area (Å²) in [5, 5.41) is 8.93. The van der Waals surface area contributed by atoms with Crippen molar-refractivity contribution in [3.8, 4) is 0 Å². The van der Waals surface area contributed by atoms with Crippen molar-refractivity contribution in [2.45, 2.75) is 120 Å². The molecule has 1 aromatic carbocycles. The first-order chi connectivity index (χ1) is 23.0. The molecule has 0 radical (unpaired) electrons. The van der Waals surface area contributed by atoms with Gasteiger partial charge in [0.1, 0.15) is 17.7 Å². The van der Waals surface area contributed by atoms with Gasteiger partial charge in [-0.2, -0.15) is 0 Å². The molecular formula is C35H48ClN5O7. The van der Waals surface area contributed by atoms with Gasteiger partial charge in [-0.15, -0.1) is 0 Å². The van der Waals surface area contributed by atoms with E-state index in [1.807, 2.05) is 25.1 Å². The standard InChI is InChI=1S/C35H48ClN5O7/c1-4-9-26(31(43)33(45)37-25-14-15-25)38-32(44)28-19-35(18-27(40-48-35)23-12-8-13-24(36)17-23)20-41(28)34(46)30(21(2)47-3)39-29(42)16-22-10-6-5-7-11-22/h8,12-13,17-18,21-22,25-26,28,30,40H,4-7,9-11,14-16,19-20H2,1-3H3,(H,37,45)(H,38,44)(H,39,42)/t21?,26-,28-,30-,35+/m0/s1. The maximum atomic E-state index is 14.4. The van der Waals surface area contributed by atoms with Crippen LogP contribution in [-0.4, -0.2) is 83.8 Å². The second-order valence-electron chi connectivity index (χ2n) is 13.7. The van der Waals surface area contributed by atoms with Crippen LogP contribution in [0, 0.1) is 5.92 Å². The molecule has 1 saturated heterocycles. The van der Waals surface area contributed by atoms with Gasteiger partial charge < -0.3 is 25.6 Å². The summed E-state index contributed by atoms with van der Waals surface area (Å²) >= 11 is 6.23. The highest BCUT2D eigenvalue weighted by molar-refractivity contribution is 6.38. The lowest BCUT2D eigenvalue weighted by atomic mass is 9.87. The van der Waals surface area contributed by atoms with Crippen molar-refractivity contribution in [3.63, 3.8) is 0 Å². The van der Waals surface area contributed by atoms with E-state index in [1.165, 1.54) is 18.4 Å². The number of hydrogen-bond acceptors (Lipinski definition) is 8. The van der Waals surface area contributed by atoms with E-state index in [2.05, 4.69) is 21.4 Å². The molecular weight excluding hydrogens is 638 g/mol. The first kappa shape index (κ1) is 35.8. The SMILES string of the molecule is CCC[C@H](NC(=O)[C@@H]1C[C@]2(C=C(c3cccc(Cl)c3)NO2)CN1C(=O)[C@@H](NC(=O)CC1CCCCC1)C(C)OC)C(=O)C(=O)NC1CC1. The van der Waals surface area contributed by atoms with E-state index in [1.54, 1.807) is 19.1 Å². The number of ketones is 1. The number of amides is 4. The van der Waals surface area contributed by atoms with Crippen molar-refractivity contribution in [1.82, 2.24) is 26.3 Å². The Balaban J connectivity index is 1.40. The van der Waals surface area contributed by atoms with Gasteiger partial charge in [0.25, 0.3) is 5.91 Å². The number of benzene rings is 1. The Labute approximate surface area is 287 Å². The summed E-state index contributed by atoms with van der Waals surface area (Å²) in [6.07, 6.45) is 9.25. The molecule has 4 N–H and O–H groups in total. The van der Waals surface area contributed by atoms with Crippen LogP contribution in [0.15, 0.2) is 30.3 Å². The van der Waals surface area contributed by atoms with Crippen LogP contribution in [0.3, 0.4) is 0 Å². The lowest BCUT2D eigenvalue weighted by molar-refractivity contribution is -0.146. The third-order valence-corrected chi connectivity index (χ3v) is 10.1. The molecule has 2 aliphatic heterocycles. The average molecular weight is 686 g/mol. The number of carbonyl (C=O) groups is 5. The molecule has 48 heavy (non-hydrogen) atoms. The van der Waals surface area contributed by atoms with Gasteiger partial charge in [0.2, 0.25) is 23.5 Å². The van der Waals surface area contributed by atoms with Gasteiger partial charge in [-0.05, 0) is 63.2 Å². The number of ether oxygens (including phenoxy) is 1. The van der Waals surface area contributed by atoms with Gasteiger partial charge in [-0.3, -0.25) is 34.3 Å². The van der Waals surface area contributed by atoms with Crippen molar-refractivity contribution in [2.24, 2.45) is 5.92 Å². The second kappa shape index (κ2) is 15.8. The Morgan fingerprint density at radius 1 is 1.10 bits per heavy atom. The Hall–Kier alpha value is -3.48. The predicted octanol–water partition coefficient (Wildman–Crippen LogP) is 3.18. The minimum absolute atomic E-state index is 0.0113.